The Morgan fingerprint density at radius 2 is 1.96 bits per heavy atom. The van der Waals surface area contributed by atoms with Gasteiger partial charge in [-0.05, 0) is 25.0 Å². The van der Waals surface area contributed by atoms with Gasteiger partial charge in [-0.2, -0.15) is 0 Å². The van der Waals surface area contributed by atoms with E-state index < -0.39 is 35.7 Å². The summed E-state index contributed by atoms with van der Waals surface area (Å²) in [7, 11) is 0. The normalized spacial score (nSPS) is 14.7. The Morgan fingerprint density at radius 3 is 2.39 bits per heavy atom. The monoisotopic (exact) mass is 327 g/mol. The Bertz CT molecular complexity index is 525. The third-order valence-electron chi connectivity index (χ3n) is 2.88. The van der Waals surface area contributed by atoms with Crippen LogP contribution in [-0.4, -0.2) is 35.0 Å². The number of allylic oxidation sites excluding steroid dienone is 4. The molecule has 2 amide bonds. The van der Waals surface area contributed by atoms with Crippen molar-refractivity contribution < 1.29 is 23.9 Å². The number of carboxylic acids is 1. The molecular formula is C15H22FN3O4. The molecule has 0 bridgehead atoms. The van der Waals surface area contributed by atoms with Crippen LogP contribution in [0.25, 0.3) is 0 Å². The highest BCUT2D eigenvalue weighted by atomic mass is 19.1. The topological polar surface area (TPSA) is 136 Å². The smallest absolute Gasteiger partial charge is 0.326 e. The van der Waals surface area contributed by atoms with Gasteiger partial charge in [-0.1, -0.05) is 18.7 Å². The van der Waals surface area contributed by atoms with Crippen LogP contribution in [0.1, 0.15) is 26.2 Å². The molecule has 8 heteroatoms. The molecule has 0 heterocycles. The molecule has 0 aliphatic heterocycles. The van der Waals surface area contributed by atoms with Gasteiger partial charge in [0.1, 0.15) is 6.04 Å². The van der Waals surface area contributed by atoms with Crippen LogP contribution in [0.4, 0.5) is 4.39 Å². The van der Waals surface area contributed by atoms with Gasteiger partial charge in [0.15, 0.2) is 0 Å². The van der Waals surface area contributed by atoms with Crippen molar-refractivity contribution in [2.24, 2.45) is 11.5 Å². The summed E-state index contributed by atoms with van der Waals surface area (Å²) in [6.07, 6.45) is 3.76. The van der Waals surface area contributed by atoms with E-state index in [1.54, 1.807) is 0 Å². The molecule has 0 saturated heterocycles. The number of carbonyl (C=O) groups is 3. The third-order valence-corrected chi connectivity index (χ3v) is 2.88. The highest BCUT2D eigenvalue weighted by Crippen LogP contribution is 2.09. The molecule has 0 rings (SSSR count). The van der Waals surface area contributed by atoms with Gasteiger partial charge in [-0.25, -0.2) is 9.18 Å². The Balaban J connectivity index is 4.86. The molecule has 0 saturated carbocycles. The van der Waals surface area contributed by atoms with Crippen LogP contribution in [-0.2, 0) is 14.4 Å². The second kappa shape index (κ2) is 10.3. The van der Waals surface area contributed by atoms with E-state index in [-0.39, 0.29) is 19.3 Å². The van der Waals surface area contributed by atoms with Crippen molar-refractivity contribution in [1.29, 1.82) is 0 Å². The highest BCUT2D eigenvalue weighted by Gasteiger charge is 2.23. The maximum absolute atomic E-state index is 12.7. The number of aliphatic carboxylic acids is 1. The first-order valence-electron chi connectivity index (χ1n) is 6.89. The number of nitrogens with one attached hydrogen (secondary N) is 1. The van der Waals surface area contributed by atoms with Crippen molar-refractivity contribution in [1.82, 2.24) is 5.32 Å². The molecule has 0 aliphatic rings. The molecule has 0 aliphatic carbocycles. The number of rotatable bonds is 10. The Hall–Kier alpha value is -2.48. The molecule has 0 aromatic heterocycles. The van der Waals surface area contributed by atoms with Crippen LogP contribution in [0.2, 0.25) is 0 Å². The molecular weight excluding hydrogens is 305 g/mol. The van der Waals surface area contributed by atoms with Crippen LogP contribution in [0, 0.1) is 0 Å². The fourth-order valence-electron chi connectivity index (χ4n) is 1.58. The van der Waals surface area contributed by atoms with E-state index in [2.05, 4.69) is 11.9 Å². The summed E-state index contributed by atoms with van der Waals surface area (Å²) in [6.45, 7) is 4.75. The van der Waals surface area contributed by atoms with Crippen molar-refractivity contribution in [3.05, 3.63) is 36.2 Å². The molecule has 23 heavy (non-hydrogen) atoms. The summed E-state index contributed by atoms with van der Waals surface area (Å²) in [4.78, 5) is 33.7. The first-order valence-corrected chi connectivity index (χ1v) is 6.89. The first kappa shape index (κ1) is 20.5. The maximum atomic E-state index is 12.7. The summed E-state index contributed by atoms with van der Waals surface area (Å²) in [5.41, 5.74) is 11.0. The van der Waals surface area contributed by atoms with Crippen molar-refractivity contribution in [2.45, 2.75) is 38.3 Å². The Morgan fingerprint density at radius 1 is 1.35 bits per heavy atom. The van der Waals surface area contributed by atoms with Gasteiger partial charge in [0.2, 0.25) is 11.8 Å². The minimum absolute atomic E-state index is 0.0153. The van der Waals surface area contributed by atoms with E-state index in [1.165, 1.54) is 19.1 Å². The predicted octanol–water partition coefficient (Wildman–Crippen LogP) is 0.524. The van der Waals surface area contributed by atoms with Crippen LogP contribution in [0.5, 0.6) is 0 Å². The number of hydrogen-bond donors (Lipinski definition) is 4. The largest absolute Gasteiger partial charge is 0.480 e. The molecule has 0 aromatic carbocycles. The second-order valence-corrected chi connectivity index (χ2v) is 4.91. The second-order valence-electron chi connectivity index (χ2n) is 4.91. The number of carbonyl (C=O) groups excluding carboxylic acids is 2. The van der Waals surface area contributed by atoms with Gasteiger partial charge >= 0.3 is 5.97 Å². The zero-order valence-corrected chi connectivity index (χ0v) is 12.9. The van der Waals surface area contributed by atoms with Gasteiger partial charge in [0.25, 0.3) is 0 Å². The molecule has 128 valence electrons. The third kappa shape index (κ3) is 9.20. The maximum Gasteiger partial charge on any atom is 0.326 e. The zero-order chi connectivity index (χ0) is 18.0. The molecule has 7 nitrogen and oxygen atoms in total. The SMILES string of the molecule is C=C/C(=C\C=C(/C)F)CC(NC(=O)[C@@H](N)CCC(N)=O)C(=O)O. The summed E-state index contributed by atoms with van der Waals surface area (Å²) < 4.78 is 12.7. The first-order chi connectivity index (χ1) is 10.7. The number of carboxylic acid groups (broad SMARTS) is 1. The fourth-order valence-corrected chi connectivity index (χ4v) is 1.58. The van der Waals surface area contributed by atoms with Crippen molar-refractivity contribution in [3.8, 4) is 0 Å². The summed E-state index contributed by atoms with van der Waals surface area (Å²) in [6, 6.07) is -2.30. The number of halogens is 1. The average molecular weight is 327 g/mol. The number of primary amides is 1. The molecule has 2 atom stereocenters. The van der Waals surface area contributed by atoms with Crippen LogP contribution >= 0.6 is 0 Å². The molecule has 0 spiro atoms. The van der Waals surface area contributed by atoms with E-state index in [4.69, 9.17) is 16.6 Å². The van der Waals surface area contributed by atoms with Gasteiger partial charge in [-0.15, -0.1) is 0 Å². The average Bonchev–Trinajstić information content (AvgIpc) is 2.46. The molecule has 0 aromatic rings. The van der Waals surface area contributed by atoms with Crippen molar-refractivity contribution in [2.75, 3.05) is 0 Å². The molecule has 0 fully saturated rings. The van der Waals surface area contributed by atoms with Crippen molar-refractivity contribution in [3.63, 3.8) is 0 Å². The van der Waals surface area contributed by atoms with E-state index in [0.29, 0.717) is 5.57 Å². The van der Waals surface area contributed by atoms with E-state index in [0.717, 1.165) is 6.08 Å². The summed E-state index contributed by atoms with van der Waals surface area (Å²) in [5.74, 6) is -3.03. The lowest BCUT2D eigenvalue weighted by molar-refractivity contribution is -0.142. The number of amides is 2. The van der Waals surface area contributed by atoms with Gasteiger partial charge in [-0.3, -0.25) is 9.59 Å². The van der Waals surface area contributed by atoms with E-state index in [9.17, 15) is 18.8 Å². The van der Waals surface area contributed by atoms with Crippen molar-refractivity contribution >= 4 is 17.8 Å². The summed E-state index contributed by atoms with van der Waals surface area (Å²) >= 11 is 0. The van der Waals surface area contributed by atoms with Gasteiger partial charge in [0, 0.05) is 12.8 Å². The lowest BCUT2D eigenvalue weighted by atomic mass is 10.0. The number of nitrogens with two attached hydrogens (primary N) is 2. The Kier molecular flexibility index (Phi) is 9.17. The van der Waals surface area contributed by atoms with Gasteiger partial charge in [0.05, 0.1) is 11.9 Å². The van der Waals surface area contributed by atoms with Gasteiger partial charge < -0.3 is 21.9 Å². The quantitative estimate of drug-likeness (QED) is 0.434. The van der Waals surface area contributed by atoms with Crippen LogP contribution < -0.4 is 16.8 Å². The number of hydrogen-bond acceptors (Lipinski definition) is 4. The highest BCUT2D eigenvalue weighted by molar-refractivity contribution is 5.87. The minimum Gasteiger partial charge on any atom is -0.480 e. The molecule has 1 unspecified atom stereocenters. The van der Waals surface area contributed by atoms with Crippen LogP contribution in [0.15, 0.2) is 36.2 Å². The zero-order valence-electron chi connectivity index (χ0n) is 12.9. The lowest BCUT2D eigenvalue weighted by Crippen LogP contribution is -2.48. The lowest BCUT2D eigenvalue weighted by Gasteiger charge is -2.18. The fraction of sp³-hybridized carbons (Fsp3) is 0.400. The molecule has 0 radical (unpaired) electrons. The summed E-state index contributed by atoms with van der Waals surface area (Å²) in [5, 5.41) is 11.4. The van der Waals surface area contributed by atoms with E-state index in [1.807, 2.05) is 0 Å². The standard InChI is InChI=1S/C15H22FN3O4/c1-3-10(5-4-9(2)16)8-12(15(22)23)19-14(21)11(17)6-7-13(18)20/h3-5,11-12H,1,6-8,17H2,2H3,(H2,18,20)(H,19,21)(H,22,23)/b9-4+,10-5+/t11-,12?/m0/s1. The minimum atomic E-state index is -1.27. The molecule has 6 N–H and O–H groups in total. The Labute approximate surface area is 133 Å². The van der Waals surface area contributed by atoms with E-state index >= 15 is 0 Å². The predicted molar refractivity (Wildman–Crippen MR) is 83.7 cm³/mol. The van der Waals surface area contributed by atoms with Crippen LogP contribution in [0.3, 0.4) is 0 Å².